The summed E-state index contributed by atoms with van der Waals surface area (Å²) in [5.74, 6) is 0.456. The number of hydrogen-bond acceptors (Lipinski definition) is 1. The molecule has 78 valence electrons. The van der Waals surface area contributed by atoms with Crippen molar-refractivity contribution in [2.75, 3.05) is 0 Å². The smallest absolute Gasteiger partial charge is 0.0434 e. The summed E-state index contributed by atoms with van der Waals surface area (Å²) in [5.41, 5.74) is 3.25. The van der Waals surface area contributed by atoms with Crippen molar-refractivity contribution in [3.63, 3.8) is 0 Å². The van der Waals surface area contributed by atoms with Gasteiger partial charge in [0.05, 0.1) is 0 Å². The third kappa shape index (κ3) is 3.68. The summed E-state index contributed by atoms with van der Waals surface area (Å²) in [6.07, 6.45) is 8.55. The van der Waals surface area contributed by atoms with Crippen LogP contribution in [0.2, 0.25) is 0 Å². The zero-order chi connectivity index (χ0) is 11.0. The van der Waals surface area contributed by atoms with Gasteiger partial charge in [0.1, 0.15) is 0 Å². The van der Waals surface area contributed by atoms with Gasteiger partial charge in [0.15, 0.2) is 0 Å². The molecule has 0 amide bonds. The Bertz CT molecular complexity index is 246. The van der Waals surface area contributed by atoms with E-state index in [1.54, 1.807) is 12.4 Å². The van der Waals surface area contributed by atoms with Gasteiger partial charge in [0.2, 0.25) is 0 Å². The van der Waals surface area contributed by atoms with Crippen LogP contribution in [-0.2, 0) is 0 Å². The van der Waals surface area contributed by atoms with Crippen LogP contribution in [0.15, 0.2) is 43.4 Å². The predicted octanol–water partition coefficient (Wildman–Crippen LogP) is 3.63. The lowest BCUT2D eigenvalue weighted by molar-refractivity contribution is 0.317. The fourth-order valence-corrected chi connectivity index (χ4v) is 1.16. The molecule has 0 aromatic heterocycles. The lowest BCUT2D eigenvalue weighted by Crippen LogP contribution is -2.19. The molecule has 0 fully saturated rings. The molecule has 1 nitrogen and oxygen atoms in total. The van der Waals surface area contributed by atoms with Crippen molar-refractivity contribution in [2.24, 2.45) is 11.3 Å². The van der Waals surface area contributed by atoms with Gasteiger partial charge in [0, 0.05) is 6.20 Å². The van der Waals surface area contributed by atoms with Crippen LogP contribution in [0.4, 0.5) is 0 Å². The molecule has 0 aromatic carbocycles. The second-order valence-electron chi connectivity index (χ2n) is 3.71. The van der Waals surface area contributed by atoms with Crippen molar-refractivity contribution < 1.29 is 0 Å². The Morgan fingerprint density at radius 2 is 2.14 bits per heavy atom. The molecule has 1 N–H and O–H groups in total. The standard InChI is InChI=1S/C13H21N/c1-6-12(4)13(5,7-2)10-9-11-14-8-3/h6,8,10-12,14H,1,3,7H2,2,4-5H3. The molecule has 0 aliphatic carbocycles. The first kappa shape index (κ1) is 12.8. The van der Waals surface area contributed by atoms with Crippen LogP contribution in [0.3, 0.4) is 0 Å². The molecule has 0 aromatic rings. The SMILES string of the molecule is C=CNC=C=CC(C)(CC)C(C)C=C. The summed E-state index contributed by atoms with van der Waals surface area (Å²) in [5, 5.41) is 2.87. The second kappa shape index (κ2) is 6.28. The Balaban J connectivity index is 4.61. The van der Waals surface area contributed by atoms with E-state index in [0.717, 1.165) is 6.42 Å². The van der Waals surface area contributed by atoms with Crippen LogP contribution in [0.5, 0.6) is 0 Å². The average Bonchev–Trinajstić information content (AvgIpc) is 2.22. The maximum Gasteiger partial charge on any atom is 0.0434 e. The van der Waals surface area contributed by atoms with Gasteiger partial charge in [-0.05, 0) is 30.0 Å². The predicted molar refractivity (Wildman–Crippen MR) is 63.7 cm³/mol. The molecule has 0 spiro atoms. The largest absolute Gasteiger partial charge is 0.362 e. The summed E-state index contributed by atoms with van der Waals surface area (Å²) >= 11 is 0. The summed E-state index contributed by atoms with van der Waals surface area (Å²) in [6, 6.07) is 0. The minimum atomic E-state index is 0.140. The molecule has 0 aliphatic heterocycles. The van der Waals surface area contributed by atoms with Crippen LogP contribution < -0.4 is 5.32 Å². The lowest BCUT2D eigenvalue weighted by atomic mass is 9.76. The van der Waals surface area contributed by atoms with Crippen molar-refractivity contribution in [2.45, 2.75) is 27.2 Å². The van der Waals surface area contributed by atoms with Gasteiger partial charge in [-0.15, -0.1) is 12.3 Å². The molecule has 0 saturated carbocycles. The third-order valence-corrected chi connectivity index (χ3v) is 2.85. The van der Waals surface area contributed by atoms with Crippen LogP contribution in [0, 0.1) is 11.3 Å². The molecule has 0 aliphatic rings. The molecule has 0 radical (unpaired) electrons. The molecular formula is C13H21N. The number of allylic oxidation sites excluding steroid dienone is 2. The van der Waals surface area contributed by atoms with Gasteiger partial charge in [-0.3, -0.25) is 0 Å². The van der Waals surface area contributed by atoms with Gasteiger partial charge in [0.25, 0.3) is 0 Å². The lowest BCUT2D eigenvalue weighted by Gasteiger charge is -2.28. The van der Waals surface area contributed by atoms with E-state index < -0.39 is 0 Å². The molecule has 0 heterocycles. The monoisotopic (exact) mass is 191 g/mol. The molecule has 1 heteroatoms. The van der Waals surface area contributed by atoms with Crippen LogP contribution in [-0.4, -0.2) is 0 Å². The van der Waals surface area contributed by atoms with E-state index in [4.69, 9.17) is 0 Å². The quantitative estimate of drug-likeness (QED) is 0.499. The maximum atomic E-state index is 3.83. The second-order valence-corrected chi connectivity index (χ2v) is 3.71. The summed E-state index contributed by atoms with van der Waals surface area (Å²) in [7, 11) is 0. The molecule has 0 rings (SSSR count). The first-order chi connectivity index (χ1) is 6.60. The summed E-state index contributed by atoms with van der Waals surface area (Å²) in [6.45, 7) is 14.0. The first-order valence-corrected chi connectivity index (χ1v) is 5.02. The van der Waals surface area contributed by atoms with Crippen molar-refractivity contribution in [3.8, 4) is 0 Å². The van der Waals surface area contributed by atoms with Gasteiger partial charge in [-0.25, -0.2) is 0 Å². The highest BCUT2D eigenvalue weighted by Crippen LogP contribution is 2.32. The van der Waals surface area contributed by atoms with Crippen LogP contribution in [0.1, 0.15) is 27.2 Å². The molecule has 0 bridgehead atoms. The van der Waals surface area contributed by atoms with Gasteiger partial charge in [-0.2, -0.15) is 0 Å². The van der Waals surface area contributed by atoms with E-state index in [-0.39, 0.29) is 5.41 Å². The van der Waals surface area contributed by atoms with Crippen LogP contribution >= 0.6 is 0 Å². The minimum absolute atomic E-state index is 0.140. The van der Waals surface area contributed by atoms with Gasteiger partial charge < -0.3 is 5.32 Å². The Morgan fingerprint density at radius 1 is 1.50 bits per heavy atom. The minimum Gasteiger partial charge on any atom is -0.362 e. The zero-order valence-electron chi connectivity index (χ0n) is 9.51. The Hall–Kier alpha value is -1.20. The first-order valence-electron chi connectivity index (χ1n) is 5.02. The van der Waals surface area contributed by atoms with Crippen molar-refractivity contribution in [3.05, 3.63) is 43.4 Å². The highest BCUT2D eigenvalue weighted by molar-refractivity contribution is 5.03. The van der Waals surface area contributed by atoms with Crippen LogP contribution in [0.25, 0.3) is 0 Å². The van der Waals surface area contributed by atoms with E-state index in [9.17, 15) is 0 Å². The topological polar surface area (TPSA) is 12.0 Å². The van der Waals surface area contributed by atoms with E-state index in [2.05, 4.69) is 51.1 Å². The maximum absolute atomic E-state index is 3.83. The fraction of sp³-hybridized carbons (Fsp3) is 0.462. The Kier molecular flexibility index (Phi) is 5.74. The van der Waals surface area contributed by atoms with Gasteiger partial charge in [-0.1, -0.05) is 33.4 Å². The molecule has 0 saturated heterocycles. The average molecular weight is 191 g/mol. The van der Waals surface area contributed by atoms with E-state index in [1.807, 2.05) is 6.08 Å². The molecule has 2 atom stereocenters. The fourth-order valence-electron chi connectivity index (χ4n) is 1.16. The molecule has 2 unspecified atom stereocenters. The van der Waals surface area contributed by atoms with Crippen molar-refractivity contribution in [1.82, 2.24) is 5.32 Å². The Labute approximate surface area is 87.9 Å². The third-order valence-electron chi connectivity index (χ3n) is 2.85. The number of hydrogen-bond donors (Lipinski definition) is 1. The number of rotatable bonds is 6. The molecule has 14 heavy (non-hydrogen) atoms. The van der Waals surface area contributed by atoms with Crippen molar-refractivity contribution >= 4 is 0 Å². The van der Waals surface area contributed by atoms with Crippen molar-refractivity contribution in [1.29, 1.82) is 0 Å². The zero-order valence-corrected chi connectivity index (χ0v) is 9.51. The summed E-state index contributed by atoms with van der Waals surface area (Å²) < 4.78 is 0. The normalized spacial score (nSPS) is 15.6. The molecular weight excluding hydrogens is 170 g/mol. The summed E-state index contributed by atoms with van der Waals surface area (Å²) in [4.78, 5) is 0. The van der Waals surface area contributed by atoms with Gasteiger partial charge >= 0.3 is 0 Å². The number of nitrogens with one attached hydrogen (secondary N) is 1. The van der Waals surface area contributed by atoms with E-state index in [0.29, 0.717) is 5.92 Å². The highest BCUT2D eigenvalue weighted by atomic mass is 14.8. The van der Waals surface area contributed by atoms with E-state index in [1.165, 1.54) is 0 Å². The van der Waals surface area contributed by atoms with E-state index >= 15 is 0 Å². The highest BCUT2D eigenvalue weighted by Gasteiger charge is 2.23. The Morgan fingerprint density at radius 3 is 2.57 bits per heavy atom.